The Hall–Kier alpha value is -2.68. The molecule has 0 N–H and O–H groups in total. The van der Waals surface area contributed by atoms with Crippen LogP contribution in [0.2, 0.25) is 0 Å². The summed E-state index contributed by atoms with van der Waals surface area (Å²) < 4.78 is 62.4. The standard InChI is InChI=1S/C22H23N2O/c1-13(2)16-8-11-19-22(23-16)21-18(25-19)10-7-15(4)20(21)17-9-6-14(3)12-24(17)5/h6-13H,1-5H3/q+1/i1D3,3D3,13D. The molecule has 1 atom stereocenters. The minimum atomic E-state index is -2.55. The normalized spacial score (nSPS) is 19.2. The van der Waals surface area contributed by atoms with Crippen LogP contribution in [0, 0.1) is 13.8 Å². The topological polar surface area (TPSA) is 29.9 Å². The van der Waals surface area contributed by atoms with Gasteiger partial charge in [-0.3, -0.25) is 0 Å². The Morgan fingerprint density at radius 3 is 2.76 bits per heavy atom. The average Bonchev–Trinajstić information content (AvgIpc) is 3.04. The molecule has 3 aromatic heterocycles. The summed E-state index contributed by atoms with van der Waals surface area (Å²) >= 11 is 0. The molecule has 126 valence electrons. The molecule has 3 heteroatoms. The van der Waals surface area contributed by atoms with Crippen LogP contribution in [0.15, 0.2) is 47.0 Å². The summed E-state index contributed by atoms with van der Waals surface area (Å²) in [7, 11) is 1.78. The minimum Gasteiger partial charge on any atom is -0.454 e. The van der Waals surface area contributed by atoms with Crippen LogP contribution in [-0.4, -0.2) is 4.98 Å². The third-order valence-corrected chi connectivity index (χ3v) is 4.46. The lowest BCUT2D eigenvalue weighted by molar-refractivity contribution is -0.660. The molecule has 0 fully saturated rings. The average molecular weight is 338 g/mol. The zero-order valence-electron chi connectivity index (χ0n) is 21.3. The second-order valence-electron chi connectivity index (χ2n) is 6.31. The zero-order chi connectivity index (χ0) is 23.6. The van der Waals surface area contributed by atoms with E-state index in [-0.39, 0.29) is 11.3 Å². The Bertz CT molecular complexity index is 1350. The first-order chi connectivity index (χ1) is 14.7. The summed E-state index contributed by atoms with van der Waals surface area (Å²) in [4.78, 5) is 4.57. The van der Waals surface area contributed by atoms with E-state index in [4.69, 9.17) is 14.0 Å². The van der Waals surface area contributed by atoms with Gasteiger partial charge in [0.05, 0.1) is 10.9 Å². The van der Waals surface area contributed by atoms with Crippen LogP contribution in [0.5, 0.6) is 0 Å². The third kappa shape index (κ3) is 2.51. The fourth-order valence-corrected chi connectivity index (χ4v) is 3.24. The summed E-state index contributed by atoms with van der Waals surface area (Å²) in [5, 5.41) is 0.695. The van der Waals surface area contributed by atoms with Crippen molar-refractivity contribution in [3.8, 4) is 11.3 Å². The number of aryl methyl sites for hydroxylation is 3. The smallest absolute Gasteiger partial charge is 0.213 e. The molecule has 0 spiro atoms. The van der Waals surface area contributed by atoms with Crippen LogP contribution in [0.1, 0.15) is 46.1 Å². The molecule has 0 aliphatic heterocycles. The lowest BCUT2D eigenvalue weighted by Crippen LogP contribution is -2.31. The summed E-state index contributed by atoms with van der Waals surface area (Å²) in [6.07, 6.45) is 1.58. The molecule has 3 nitrogen and oxygen atoms in total. The highest BCUT2D eigenvalue weighted by Gasteiger charge is 2.21. The van der Waals surface area contributed by atoms with Crippen molar-refractivity contribution in [1.29, 1.82) is 0 Å². The number of furan rings is 1. The summed E-state index contributed by atoms with van der Waals surface area (Å²) in [6.45, 7) is -1.50. The molecule has 0 saturated carbocycles. The van der Waals surface area contributed by atoms with Gasteiger partial charge in [-0.1, -0.05) is 19.8 Å². The van der Waals surface area contributed by atoms with Gasteiger partial charge in [0.1, 0.15) is 18.1 Å². The lowest BCUT2D eigenvalue weighted by Gasteiger charge is -2.07. The largest absolute Gasteiger partial charge is 0.454 e. The predicted molar refractivity (Wildman–Crippen MR) is 102 cm³/mol. The molecule has 25 heavy (non-hydrogen) atoms. The zero-order valence-corrected chi connectivity index (χ0v) is 14.3. The Morgan fingerprint density at radius 1 is 1.16 bits per heavy atom. The van der Waals surface area contributed by atoms with Crippen molar-refractivity contribution in [3.63, 3.8) is 0 Å². The van der Waals surface area contributed by atoms with Gasteiger partial charge in [0.2, 0.25) is 5.69 Å². The Kier molecular flexibility index (Phi) is 2.21. The third-order valence-electron chi connectivity index (χ3n) is 4.46. The van der Waals surface area contributed by atoms with Crippen molar-refractivity contribution < 1.29 is 18.6 Å². The number of fused-ring (bicyclic) bond motifs is 3. The summed E-state index contributed by atoms with van der Waals surface area (Å²) in [5.74, 6) is -1.89. The number of hydrogen-bond donors (Lipinski definition) is 0. The van der Waals surface area contributed by atoms with Crippen molar-refractivity contribution >= 4 is 22.1 Å². The summed E-state index contributed by atoms with van der Waals surface area (Å²) in [6, 6.07) is 10.2. The molecule has 0 bridgehead atoms. The fourth-order valence-electron chi connectivity index (χ4n) is 3.24. The molecule has 0 aliphatic carbocycles. The van der Waals surface area contributed by atoms with Gasteiger partial charge >= 0.3 is 0 Å². The molecule has 0 amide bonds. The van der Waals surface area contributed by atoms with Crippen molar-refractivity contribution in [2.75, 3.05) is 0 Å². The Balaban J connectivity index is 2.03. The van der Waals surface area contributed by atoms with Crippen LogP contribution < -0.4 is 4.57 Å². The molecule has 0 aliphatic rings. The number of nitrogens with zero attached hydrogens (tertiary/aromatic N) is 2. The highest BCUT2D eigenvalue weighted by Crippen LogP contribution is 2.37. The summed E-state index contributed by atoms with van der Waals surface area (Å²) in [5.41, 5.74) is 4.39. The minimum absolute atomic E-state index is 0.127. The predicted octanol–water partition coefficient (Wildman–Crippen LogP) is 5.21. The molecular weight excluding hydrogens is 308 g/mol. The van der Waals surface area contributed by atoms with Gasteiger partial charge < -0.3 is 4.42 Å². The van der Waals surface area contributed by atoms with E-state index in [9.17, 15) is 0 Å². The molecule has 1 unspecified atom stereocenters. The first kappa shape index (κ1) is 9.71. The van der Waals surface area contributed by atoms with Crippen LogP contribution >= 0.6 is 0 Å². The molecule has 0 radical (unpaired) electrons. The highest BCUT2D eigenvalue weighted by atomic mass is 16.3. The van der Waals surface area contributed by atoms with Crippen LogP contribution in [0.3, 0.4) is 0 Å². The molecule has 1 aromatic carbocycles. The highest BCUT2D eigenvalue weighted by molar-refractivity contribution is 6.10. The number of hydrogen-bond acceptors (Lipinski definition) is 2. The lowest BCUT2D eigenvalue weighted by atomic mass is 9.99. The van der Waals surface area contributed by atoms with Crippen molar-refractivity contribution in [3.05, 3.63) is 59.4 Å². The van der Waals surface area contributed by atoms with Gasteiger partial charge in [0.15, 0.2) is 11.8 Å². The maximum atomic E-state index is 8.42. The van der Waals surface area contributed by atoms with Crippen molar-refractivity contribution in [2.24, 2.45) is 7.05 Å². The first-order valence-electron chi connectivity index (χ1n) is 11.6. The number of pyridine rings is 2. The molecular formula is C22H23N2O+. The van der Waals surface area contributed by atoms with E-state index in [0.29, 0.717) is 22.1 Å². The van der Waals surface area contributed by atoms with Gasteiger partial charge in [-0.15, -0.1) is 0 Å². The number of benzene rings is 1. The monoisotopic (exact) mass is 338 g/mol. The van der Waals surface area contributed by atoms with E-state index >= 15 is 0 Å². The maximum absolute atomic E-state index is 8.42. The van der Waals surface area contributed by atoms with E-state index in [2.05, 4.69) is 4.98 Å². The maximum Gasteiger partial charge on any atom is 0.213 e. The number of aromatic nitrogens is 2. The molecule has 4 rings (SSSR count). The molecule has 3 heterocycles. The van der Waals surface area contributed by atoms with Gasteiger partial charge in [-0.05, 0) is 49.5 Å². The fraction of sp³-hybridized carbons (Fsp3) is 0.273. The van der Waals surface area contributed by atoms with Crippen LogP contribution in [0.4, 0.5) is 0 Å². The van der Waals surface area contributed by atoms with E-state index in [1.54, 1.807) is 36.0 Å². The van der Waals surface area contributed by atoms with Gasteiger partial charge in [-0.2, -0.15) is 0 Å². The van der Waals surface area contributed by atoms with Crippen LogP contribution in [-0.2, 0) is 7.05 Å². The second kappa shape index (κ2) is 5.69. The quantitative estimate of drug-likeness (QED) is 0.469. The van der Waals surface area contributed by atoms with E-state index in [1.807, 2.05) is 19.1 Å². The Morgan fingerprint density at radius 2 is 2.00 bits per heavy atom. The van der Waals surface area contributed by atoms with Crippen molar-refractivity contribution in [2.45, 2.75) is 33.4 Å². The Labute approximate surface area is 157 Å². The van der Waals surface area contributed by atoms with E-state index in [1.165, 1.54) is 13.0 Å². The van der Waals surface area contributed by atoms with Gasteiger partial charge in [0, 0.05) is 26.9 Å². The van der Waals surface area contributed by atoms with Gasteiger partial charge in [-0.25, -0.2) is 9.55 Å². The molecule has 4 aromatic rings. The number of rotatable bonds is 2. The SMILES string of the molecule is [2H]C([2H])([2H])c1ccc(-c2c(C)ccc3oc4ccc(C([2H])(C)C([2H])([2H])[2H])nc4c23)[n+](C)c1. The second-order valence-corrected chi connectivity index (χ2v) is 6.31. The first-order valence-corrected chi connectivity index (χ1v) is 8.06. The van der Waals surface area contributed by atoms with E-state index < -0.39 is 19.6 Å². The van der Waals surface area contributed by atoms with E-state index in [0.717, 1.165) is 16.8 Å². The molecule has 0 saturated heterocycles. The van der Waals surface area contributed by atoms with Crippen molar-refractivity contribution in [1.82, 2.24) is 4.98 Å². The van der Waals surface area contributed by atoms with Crippen LogP contribution in [0.25, 0.3) is 33.3 Å². The van der Waals surface area contributed by atoms with Gasteiger partial charge in [0.25, 0.3) is 0 Å².